The first-order chi connectivity index (χ1) is 23.7. The van der Waals surface area contributed by atoms with Crippen molar-refractivity contribution in [2.45, 2.75) is 75.2 Å². The molecule has 0 amide bonds. The number of cyclic esters (lactones) is 1. The first kappa shape index (κ1) is 32.6. The monoisotopic (exact) mass is 720 g/mol. The van der Waals surface area contributed by atoms with Crippen molar-refractivity contribution in [1.29, 1.82) is 0 Å². The van der Waals surface area contributed by atoms with E-state index in [2.05, 4.69) is 37.5 Å². The van der Waals surface area contributed by atoms with Crippen LogP contribution in [-0.2, 0) is 45.5 Å². The number of hydrogen-bond acceptors (Lipinski definition) is 16. The van der Waals surface area contributed by atoms with E-state index < -0.39 is 68.1 Å². The van der Waals surface area contributed by atoms with E-state index in [1.165, 1.54) is 28.1 Å². The summed E-state index contributed by atoms with van der Waals surface area (Å²) >= 11 is 4.20. The van der Waals surface area contributed by atoms with Crippen LogP contribution in [0.2, 0.25) is 0 Å². The molecule has 0 radical (unpaired) electrons. The molecule has 49 heavy (non-hydrogen) atoms. The maximum absolute atomic E-state index is 13.5. The number of nitrogens with one attached hydrogen (secondary N) is 1. The van der Waals surface area contributed by atoms with Gasteiger partial charge in [-0.15, -0.1) is 0 Å². The zero-order chi connectivity index (χ0) is 33.9. The number of fused-ring (bicyclic) bond motifs is 4. The van der Waals surface area contributed by atoms with E-state index in [9.17, 15) is 19.3 Å². The zero-order valence-corrected chi connectivity index (χ0v) is 27.6. The first-order valence-corrected chi connectivity index (χ1v) is 18.5. The second kappa shape index (κ2) is 12.9. The summed E-state index contributed by atoms with van der Waals surface area (Å²) < 4.78 is 52.9. The Hall–Kier alpha value is -3.62. The second-order valence-corrected chi connectivity index (χ2v) is 15.0. The molecule has 3 saturated heterocycles. The highest BCUT2D eigenvalue weighted by Crippen LogP contribution is 2.57. The van der Waals surface area contributed by atoms with Gasteiger partial charge in [0.25, 0.3) is 5.56 Å². The summed E-state index contributed by atoms with van der Waals surface area (Å²) in [4.78, 5) is 43.5. The van der Waals surface area contributed by atoms with Crippen LogP contribution in [0.25, 0.3) is 22.2 Å². The average molecular weight is 721 g/mol. The second-order valence-electron chi connectivity index (χ2n) is 12.1. The quantitative estimate of drug-likeness (QED) is 0.129. The van der Waals surface area contributed by atoms with Crippen LogP contribution in [0.3, 0.4) is 0 Å². The predicted octanol–water partition coefficient (Wildman–Crippen LogP) is 1.30. The van der Waals surface area contributed by atoms with Crippen LogP contribution < -0.4 is 10.9 Å². The maximum Gasteiger partial charge on any atom is 0.508 e. The highest BCUT2D eigenvalue weighted by atomic mass is 32.7. The van der Waals surface area contributed by atoms with Crippen LogP contribution in [0.4, 0.5) is 10.6 Å². The van der Waals surface area contributed by atoms with Gasteiger partial charge < -0.3 is 39.0 Å². The van der Waals surface area contributed by atoms with E-state index >= 15 is 0 Å². The van der Waals surface area contributed by atoms with Gasteiger partial charge in [-0.25, -0.2) is 29.3 Å². The molecule has 0 saturated carbocycles. The molecule has 21 heteroatoms. The van der Waals surface area contributed by atoms with Crippen LogP contribution in [0.1, 0.15) is 37.3 Å². The lowest BCUT2D eigenvalue weighted by atomic mass is 10.1. The molecule has 0 spiro atoms. The van der Waals surface area contributed by atoms with Crippen molar-refractivity contribution in [2.75, 3.05) is 31.7 Å². The van der Waals surface area contributed by atoms with Gasteiger partial charge in [0.1, 0.15) is 61.4 Å². The average Bonchev–Trinajstić information content (AvgIpc) is 3.82. The molecule has 0 aromatic carbocycles. The number of hydrogen-bond donors (Lipinski definition) is 4. The van der Waals surface area contributed by atoms with E-state index in [1.54, 1.807) is 0 Å². The van der Waals surface area contributed by atoms with Gasteiger partial charge in [-0.05, 0) is 24.8 Å². The Kier molecular flexibility index (Phi) is 8.59. The normalized spacial score (nSPS) is 32.0. The molecular weight excluding hydrogens is 687 g/mol. The Balaban J connectivity index is 1.05. The first-order valence-electron chi connectivity index (χ1n) is 15.8. The van der Waals surface area contributed by atoms with Gasteiger partial charge in [-0.2, -0.15) is 0 Å². The SMILES string of the molecule is O=C1OC[C@H]2O[C@@H](n3cc4c5c(ncnc53)NCCC4)C[C@@H]2OP(=O)(S)OC[C@H]2O[C@@H](n3cnc4c(=O)n(CCCO)cnc43)[C@H](O1)[C@@H]2O. The fourth-order valence-corrected chi connectivity index (χ4v) is 8.25. The Labute approximate surface area is 282 Å². The molecule has 19 nitrogen and oxygen atoms in total. The van der Waals surface area contributed by atoms with Crippen LogP contribution in [0.5, 0.6) is 0 Å². The van der Waals surface area contributed by atoms with Crippen molar-refractivity contribution in [1.82, 2.24) is 33.6 Å². The summed E-state index contributed by atoms with van der Waals surface area (Å²) in [6.07, 6.45) is -0.557. The fraction of sp³-hybridized carbons (Fsp3) is 0.571. The van der Waals surface area contributed by atoms with Crippen molar-refractivity contribution in [3.63, 3.8) is 0 Å². The fourth-order valence-electron chi connectivity index (χ4n) is 6.73. The van der Waals surface area contributed by atoms with E-state index in [0.717, 1.165) is 36.2 Å². The molecule has 1 unspecified atom stereocenters. The number of carbonyl (C=O) groups is 1. The Bertz CT molecular complexity index is 2010. The molecule has 8 rings (SSSR count). The Morgan fingerprint density at radius 3 is 2.78 bits per heavy atom. The van der Waals surface area contributed by atoms with Gasteiger partial charge in [0.05, 0.1) is 18.3 Å². The molecule has 4 aliphatic heterocycles. The smallest absolute Gasteiger partial charge is 0.431 e. The van der Waals surface area contributed by atoms with Crippen molar-refractivity contribution < 1.29 is 47.6 Å². The summed E-state index contributed by atoms with van der Waals surface area (Å²) in [7, 11) is 0. The molecule has 0 aliphatic carbocycles. The highest BCUT2D eigenvalue weighted by Gasteiger charge is 2.50. The number of carbonyl (C=O) groups excluding carboxylic acids is 1. The molecule has 8 heterocycles. The number of anilines is 1. The third-order valence-electron chi connectivity index (χ3n) is 9.06. The third kappa shape index (κ3) is 5.99. The number of imidazole rings is 1. The zero-order valence-electron chi connectivity index (χ0n) is 25.8. The summed E-state index contributed by atoms with van der Waals surface area (Å²) in [5.74, 6) is 0.736. The number of thiol groups is 1. The number of aryl methyl sites for hydroxylation is 2. The van der Waals surface area contributed by atoms with Gasteiger partial charge in [-0.3, -0.25) is 23.0 Å². The summed E-state index contributed by atoms with van der Waals surface area (Å²) in [6, 6.07) is 0. The van der Waals surface area contributed by atoms with Crippen molar-refractivity contribution >= 4 is 53.2 Å². The maximum atomic E-state index is 13.5. The number of ether oxygens (including phenoxy) is 4. The summed E-state index contributed by atoms with van der Waals surface area (Å²) in [5.41, 5.74) is 1.35. The number of aromatic nitrogens is 7. The molecule has 4 aromatic heterocycles. The van der Waals surface area contributed by atoms with Gasteiger partial charge in [0.15, 0.2) is 23.5 Å². The topological polar surface area (TPSA) is 225 Å². The van der Waals surface area contributed by atoms with Crippen LogP contribution in [-0.4, -0.2) is 107 Å². The minimum atomic E-state index is -4.10. The molecule has 3 fully saturated rings. The highest BCUT2D eigenvalue weighted by molar-refractivity contribution is 8.44. The number of aliphatic hydroxyl groups is 2. The van der Waals surface area contributed by atoms with Gasteiger partial charge in [0, 0.05) is 32.3 Å². The van der Waals surface area contributed by atoms with Gasteiger partial charge in [-0.1, -0.05) is 12.2 Å². The lowest BCUT2D eigenvalue weighted by Gasteiger charge is -2.23. The van der Waals surface area contributed by atoms with Crippen molar-refractivity contribution in [3.8, 4) is 0 Å². The Morgan fingerprint density at radius 2 is 1.92 bits per heavy atom. The van der Waals surface area contributed by atoms with E-state index in [-0.39, 0.29) is 37.3 Å². The molecule has 2 bridgehead atoms. The van der Waals surface area contributed by atoms with Crippen molar-refractivity contribution in [2.24, 2.45) is 0 Å². The van der Waals surface area contributed by atoms with E-state index in [1.807, 2.05) is 10.8 Å². The molecule has 4 aromatic rings. The predicted molar refractivity (Wildman–Crippen MR) is 170 cm³/mol. The number of rotatable bonds is 5. The molecule has 3 N–H and O–H groups in total. The van der Waals surface area contributed by atoms with Crippen LogP contribution >= 0.6 is 19.0 Å². The lowest BCUT2D eigenvalue weighted by Crippen LogP contribution is -2.37. The Morgan fingerprint density at radius 1 is 1.04 bits per heavy atom. The van der Waals surface area contributed by atoms with Gasteiger partial charge in [0.2, 0.25) is 0 Å². The van der Waals surface area contributed by atoms with Crippen molar-refractivity contribution in [3.05, 3.63) is 41.1 Å². The number of aliphatic hydroxyl groups excluding tert-OH is 2. The largest absolute Gasteiger partial charge is 0.508 e. The van der Waals surface area contributed by atoms with Crippen LogP contribution in [0, 0.1) is 0 Å². The molecular formula is C28H33N8O11PS. The van der Waals surface area contributed by atoms with Gasteiger partial charge >= 0.3 is 13.0 Å². The molecule has 262 valence electrons. The summed E-state index contributed by atoms with van der Waals surface area (Å²) in [5, 5.41) is 24.6. The summed E-state index contributed by atoms with van der Waals surface area (Å²) in [6.45, 7) is -4.01. The molecule has 8 atom stereocenters. The van der Waals surface area contributed by atoms with E-state index in [4.69, 9.17) is 33.1 Å². The lowest BCUT2D eigenvalue weighted by molar-refractivity contribution is -0.0828. The van der Waals surface area contributed by atoms with E-state index in [0.29, 0.717) is 12.1 Å². The minimum Gasteiger partial charge on any atom is -0.431 e. The standard InChI is InChI=1S/C28H33N8O11PS/c37-6-2-5-34-12-33-25-20(26(34)39)32-13-36(25)27-22-21(38)17(45-27)10-43-48(41,49)47-15-7-18(44-16(15)9-42-28(40)46-22)35-8-14-3-1-4-29-23-19(14)24(35)31-11-30-23/h8,11-13,15-18,21-22,27,37-38H,1-7,9-10H2,(H,41,49)(H,29,30,31)/t15-,16+,17+,18+,21+,22+,27+,48?/m0/s1. The number of nitrogens with zero attached hydrogens (tertiary/aromatic N) is 7. The minimum absolute atomic E-state index is 0.0000881. The molecule has 4 aliphatic rings. The third-order valence-corrected chi connectivity index (χ3v) is 10.7. The van der Waals surface area contributed by atoms with Crippen LogP contribution in [0.15, 0.2) is 30.0 Å².